The largest absolute Gasteiger partial charge is 0.348 e. The standard InChI is InChI=1S/C20H16FN9OS/c1-28-7-4-13(26-28)18-24-25-19(32-18)20(31)29-8-5-12-16(23-10-22-12)17(29)14-9-15-11(21)3-2-6-30(15)27-14/h2-4,6-7,9-10,17H,5,8H2,1H3,(H,22,23)/t17-/m0/s1. The van der Waals surface area contributed by atoms with E-state index in [1.807, 2.05) is 13.1 Å². The summed E-state index contributed by atoms with van der Waals surface area (Å²) in [6, 6.07) is 5.87. The molecule has 12 heteroatoms. The van der Waals surface area contributed by atoms with Gasteiger partial charge in [0.2, 0.25) is 5.01 Å². The summed E-state index contributed by atoms with van der Waals surface area (Å²) in [5, 5.41) is 18.0. The summed E-state index contributed by atoms with van der Waals surface area (Å²) in [4.78, 5) is 22.8. The quantitative estimate of drug-likeness (QED) is 0.452. The first kappa shape index (κ1) is 18.8. The van der Waals surface area contributed by atoms with Gasteiger partial charge in [0.1, 0.15) is 23.1 Å². The van der Waals surface area contributed by atoms with Crippen LogP contribution in [0.5, 0.6) is 0 Å². The summed E-state index contributed by atoms with van der Waals surface area (Å²) in [5.41, 5.74) is 3.16. The van der Waals surface area contributed by atoms with Gasteiger partial charge in [-0.05, 0) is 24.3 Å². The lowest BCUT2D eigenvalue weighted by atomic mass is 9.99. The normalized spacial score (nSPS) is 15.9. The number of hydrogen-bond donors (Lipinski definition) is 1. The van der Waals surface area contributed by atoms with E-state index in [0.29, 0.717) is 40.6 Å². The number of aromatic amines is 1. The van der Waals surface area contributed by atoms with E-state index in [1.165, 1.54) is 21.9 Å². The van der Waals surface area contributed by atoms with Gasteiger partial charge >= 0.3 is 0 Å². The van der Waals surface area contributed by atoms with Gasteiger partial charge < -0.3 is 9.88 Å². The van der Waals surface area contributed by atoms with Gasteiger partial charge in [-0.3, -0.25) is 9.48 Å². The highest BCUT2D eigenvalue weighted by molar-refractivity contribution is 7.16. The summed E-state index contributed by atoms with van der Waals surface area (Å²) >= 11 is 1.19. The summed E-state index contributed by atoms with van der Waals surface area (Å²) in [5.74, 6) is -0.660. The molecule has 1 aliphatic heterocycles. The molecule has 5 aromatic rings. The third-order valence-corrected chi connectivity index (χ3v) is 6.41. The van der Waals surface area contributed by atoms with E-state index in [4.69, 9.17) is 0 Å². The Morgan fingerprint density at radius 1 is 1.25 bits per heavy atom. The second kappa shape index (κ2) is 7.05. The number of carbonyl (C=O) groups is 1. The van der Waals surface area contributed by atoms with Crippen LogP contribution in [-0.2, 0) is 13.5 Å². The molecule has 1 amide bonds. The molecule has 160 valence electrons. The molecule has 0 fully saturated rings. The summed E-state index contributed by atoms with van der Waals surface area (Å²) in [6.45, 7) is 0.438. The van der Waals surface area contributed by atoms with E-state index in [9.17, 15) is 9.18 Å². The van der Waals surface area contributed by atoms with Crippen molar-refractivity contribution in [3.63, 3.8) is 0 Å². The van der Waals surface area contributed by atoms with Crippen LogP contribution in [0.3, 0.4) is 0 Å². The van der Waals surface area contributed by atoms with Gasteiger partial charge in [0.15, 0.2) is 5.01 Å². The molecule has 0 saturated heterocycles. The molecule has 10 nitrogen and oxygen atoms in total. The molecular formula is C20H16FN9OS. The van der Waals surface area contributed by atoms with Crippen LogP contribution in [0.4, 0.5) is 4.39 Å². The summed E-state index contributed by atoms with van der Waals surface area (Å²) in [7, 11) is 1.81. The predicted molar refractivity (Wildman–Crippen MR) is 112 cm³/mol. The molecule has 0 saturated carbocycles. The van der Waals surface area contributed by atoms with Crippen molar-refractivity contribution in [2.24, 2.45) is 7.05 Å². The van der Waals surface area contributed by atoms with E-state index < -0.39 is 6.04 Å². The SMILES string of the molecule is Cn1ccc(-c2nnc(C(=O)N3CCc4[nH]cnc4[C@@H]3c3cc4c(F)cccn4n3)s2)n1. The Morgan fingerprint density at radius 2 is 2.16 bits per heavy atom. The van der Waals surface area contributed by atoms with Gasteiger partial charge in [0, 0.05) is 38.1 Å². The summed E-state index contributed by atoms with van der Waals surface area (Å²) in [6.07, 6.45) is 5.70. The fraction of sp³-hybridized carbons (Fsp3) is 0.200. The first-order valence-electron chi connectivity index (χ1n) is 9.89. The summed E-state index contributed by atoms with van der Waals surface area (Å²) < 4.78 is 17.4. The zero-order valence-electron chi connectivity index (χ0n) is 16.8. The molecule has 1 atom stereocenters. The number of H-pyrrole nitrogens is 1. The number of nitrogens with one attached hydrogen (secondary N) is 1. The number of aryl methyl sites for hydroxylation is 1. The van der Waals surface area contributed by atoms with Crippen molar-refractivity contribution in [3.8, 4) is 10.7 Å². The van der Waals surface area contributed by atoms with E-state index in [2.05, 4.69) is 30.4 Å². The Hall–Kier alpha value is -3.93. The monoisotopic (exact) mass is 449 g/mol. The number of nitrogens with zero attached hydrogens (tertiary/aromatic N) is 8. The van der Waals surface area contributed by atoms with Gasteiger partial charge in [-0.1, -0.05) is 11.3 Å². The Balaban J connectivity index is 1.41. The number of pyridine rings is 1. The van der Waals surface area contributed by atoms with E-state index in [1.54, 1.807) is 40.4 Å². The maximum atomic E-state index is 14.3. The van der Waals surface area contributed by atoms with Gasteiger partial charge in [-0.2, -0.15) is 10.2 Å². The molecule has 0 unspecified atom stereocenters. The zero-order valence-corrected chi connectivity index (χ0v) is 17.6. The number of halogens is 1. The fourth-order valence-electron chi connectivity index (χ4n) is 3.99. The van der Waals surface area contributed by atoms with Crippen LogP contribution in [-0.4, -0.2) is 56.9 Å². The molecule has 0 radical (unpaired) electrons. The predicted octanol–water partition coefficient (Wildman–Crippen LogP) is 2.24. The van der Waals surface area contributed by atoms with Crippen molar-refractivity contribution in [2.45, 2.75) is 12.5 Å². The Bertz CT molecular complexity index is 1460. The van der Waals surface area contributed by atoms with Gasteiger partial charge in [-0.15, -0.1) is 10.2 Å². The number of hydrogen-bond acceptors (Lipinski definition) is 7. The molecule has 6 rings (SSSR count). The Labute approximate surface area is 184 Å². The second-order valence-corrected chi connectivity index (χ2v) is 8.44. The maximum absolute atomic E-state index is 14.3. The average Bonchev–Trinajstić information content (AvgIpc) is 3.57. The lowest BCUT2D eigenvalue weighted by Gasteiger charge is -2.33. The highest BCUT2D eigenvalue weighted by Crippen LogP contribution is 2.35. The van der Waals surface area contributed by atoms with E-state index in [-0.39, 0.29) is 16.7 Å². The zero-order chi connectivity index (χ0) is 21.8. The number of fused-ring (bicyclic) bond motifs is 2. The lowest BCUT2D eigenvalue weighted by Crippen LogP contribution is -2.41. The smallest absolute Gasteiger partial charge is 0.285 e. The van der Waals surface area contributed by atoms with Gasteiger partial charge in [0.25, 0.3) is 5.91 Å². The first-order valence-corrected chi connectivity index (χ1v) is 10.7. The minimum atomic E-state index is -0.570. The van der Waals surface area contributed by atoms with Crippen molar-refractivity contribution < 1.29 is 9.18 Å². The number of rotatable bonds is 3. The van der Waals surface area contributed by atoms with Crippen LogP contribution >= 0.6 is 11.3 Å². The van der Waals surface area contributed by atoms with Crippen LogP contribution in [0.15, 0.2) is 43.0 Å². The number of amides is 1. The molecule has 0 bridgehead atoms. The topological polar surface area (TPSA) is 110 Å². The molecule has 32 heavy (non-hydrogen) atoms. The highest BCUT2D eigenvalue weighted by atomic mass is 32.1. The maximum Gasteiger partial charge on any atom is 0.285 e. The fourth-order valence-corrected chi connectivity index (χ4v) is 4.76. The van der Waals surface area contributed by atoms with Crippen molar-refractivity contribution >= 4 is 22.8 Å². The molecular weight excluding hydrogens is 433 g/mol. The van der Waals surface area contributed by atoms with Crippen molar-refractivity contribution in [3.05, 3.63) is 70.9 Å². The van der Waals surface area contributed by atoms with Crippen molar-refractivity contribution in [2.75, 3.05) is 6.54 Å². The Morgan fingerprint density at radius 3 is 2.97 bits per heavy atom. The van der Waals surface area contributed by atoms with Crippen molar-refractivity contribution in [1.29, 1.82) is 0 Å². The molecule has 6 heterocycles. The number of carbonyl (C=O) groups excluding carboxylic acids is 1. The van der Waals surface area contributed by atoms with Crippen LogP contribution in [0.2, 0.25) is 0 Å². The van der Waals surface area contributed by atoms with E-state index in [0.717, 1.165) is 5.69 Å². The lowest BCUT2D eigenvalue weighted by molar-refractivity contribution is 0.0685. The minimum absolute atomic E-state index is 0.254. The molecule has 1 N–H and O–H groups in total. The highest BCUT2D eigenvalue weighted by Gasteiger charge is 2.37. The van der Waals surface area contributed by atoms with E-state index >= 15 is 0 Å². The van der Waals surface area contributed by atoms with Crippen LogP contribution in [0, 0.1) is 5.82 Å². The second-order valence-electron chi connectivity index (χ2n) is 7.46. The van der Waals surface area contributed by atoms with Gasteiger partial charge in [0.05, 0.1) is 17.7 Å². The number of aromatic nitrogens is 8. The van der Waals surface area contributed by atoms with Crippen LogP contribution in [0.25, 0.3) is 16.2 Å². The molecule has 1 aliphatic rings. The van der Waals surface area contributed by atoms with Crippen LogP contribution < -0.4 is 0 Å². The third kappa shape index (κ3) is 2.91. The van der Waals surface area contributed by atoms with Gasteiger partial charge in [-0.25, -0.2) is 13.9 Å². The van der Waals surface area contributed by atoms with Crippen LogP contribution in [0.1, 0.15) is 32.9 Å². The number of imidazole rings is 1. The minimum Gasteiger partial charge on any atom is -0.348 e. The molecule has 0 aromatic carbocycles. The Kier molecular flexibility index (Phi) is 4.15. The van der Waals surface area contributed by atoms with Crippen molar-refractivity contribution in [1.82, 2.24) is 44.5 Å². The average molecular weight is 449 g/mol. The molecule has 0 spiro atoms. The third-order valence-electron chi connectivity index (χ3n) is 5.48. The first-order chi connectivity index (χ1) is 15.6. The molecule has 5 aromatic heterocycles. The molecule has 0 aliphatic carbocycles.